The van der Waals surface area contributed by atoms with Gasteiger partial charge in [-0.3, -0.25) is 9.78 Å². The number of thiophene rings is 1. The summed E-state index contributed by atoms with van der Waals surface area (Å²) in [5.41, 5.74) is 0.949. The van der Waals surface area contributed by atoms with E-state index >= 15 is 0 Å². The maximum absolute atomic E-state index is 12.7. The Labute approximate surface area is 139 Å². The van der Waals surface area contributed by atoms with Crippen LogP contribution < -0.4 is 0 Å². The lowest BCUT2D eigenvalue weighted by molar-refractivity contribution is -0.132. The Morgan fingerprint density at radius 3 is 2.91 bits per heavy atom. The summed E-state index contributed by atoms with van der Waals surface area (Å²) in [5, 5.41) is 8.81. The number of rotatable bonds is 6. The molecule has 22 heavy (non-hydrogen) atoms. The Kier molecular flexibility index (Phi) is 5.93. The van der Waals surface area contributed by atoms with Crippen LogP contribution in [-0.2, 0) is 11.3 Å². The third kappa shape index (κ3) is 4.30. The second-order valence-electron chi connectivity index (χ2n) is 4.89. The van der Waals surface area contributed by atoms with E-state index in [-0.39, 0.29) is 11.8 Å². The van der Waals surface area contributed by atoms with Gasteiger partial charge >= 0.3 is 0 Å². The van der Waals surface area contributed by atoms with Gasteiger partial charge in [0, 0.05) is 30.4 Å². The van der Waals surface area contributed by atoms with Crippen LogP contribution in [0.25, 0.3) is 0 Å². The average molecular weight is 334 g/mol. The normalized spacial score (nSPS) is 11.7. The van der Waals surface area contributed by atoms with Gasteiger partial charge in [-0.15, -0.1) is 11.3 Å². The van der Waals surface area contributed by atoms with Gasteiger partial charge in [-0.2, -0.15) is 5.26 Å². The predicted molar refractivity (Wildman–Crippen MR) is 87.6 cm³/mol. The van der Waals surface area contributed by atoms with E-state index in [1.54, 1.807) is 23.4 Å². The summed E-state index contributed by atoms with van der Waals surface area (Å²) in [6, 6.07) is 9.53. The van der Waals surface area contributed by atoms with Crippen LogP contribution in [0, 0.1) is 11.3 Å². The summed E-state index contributed by atoms with van der Waals surface area (Å²) in [7, 11) is 0. The standard InChI is InChI=1S/C16H16ClN3OS/c1-12(14-5-6-15(17)22-14)16(21)20(9-3-7-18)11-13-4-2-8-19-10-13/h2,4-6,8,10,12H,3,9,11H2,1H3/t12-/m0/s1. The Balaban J connectivity index is 2.13. The zero-order valence-electron chi connectivity index (χ0n) is 12.2. The minimum Gasteiger partial charge on any atom is -0.337 e. The van der Waals surface area contributed by atoms with E-state index in [0.717, 1.165) is 10.4 Å². The first-order chi connectivity index (χ1) is 10.6. The number of hydrogen-bond acceptors (Lipinski definition) is 4. The second-order valence-corrected chi connectivity index (χ2v) is 6.64. The molecule has 0 fully saturated rings. The molecule has 0 aliphatic carbocycles. The van der Waals surface area contributed by atoms with Crippen molar-refractivity contribution in [2.75, 3.05) is 6.54 Å². The molecule has 0 aromatic carbocycles. The van der Waals surface area contributed by atoms with Crippen molar-refractivity contribution < 1.29 is 4.79 Å². The first-order valence-corrected chi connectivity index (χ1v) is 8.11. The van der Waals surface area contributed by atoms with Crippen LogP contribution in [0.5, 0.6) is 0 Å². The van der Waals surface area contributed by atoms with E-state index in [9.17, 15) is 4.79 Å². The molecule has 4 nitrogen and oxygen atoms in total. The van der Waals surface area contributed by atoms with Crippen LogP contribution in [-0.4, -0.2) is 22.3 Å². The molecule has 2 aromatic heterocycles. The summed E-state index contributed by atoms with van der Waals surface area (Å²) in [6.45, 7) is 2.73. The predicted octanol–water partition coefficient (Wildman–Crippen LogP) is 3.84. The highest BCUT2D eigenvalue weighted by Crippen LogP contribution is 2.29. The van der Waals surface area contributed by atoms with Crippen molar-refractivity contribution in [3.63, 3.8) is 0 Å². The molecule has 0 saturated heterocycles. The topological polar surface area (TPSA) is 57.0 Å². The molecule has 0 unspecified atom stereocenters. The lowest BCUT2D eigenvalue weighted by Crippen LogP contribution is -2.34. The molecule has 0 spiro atoms. The van der Waals surface area contributed by atoms with Gasteiger partial charge < -0.3 is 4.90 Å². The SMILES string of the molecule is C[C@H](C(=O)N(CCC#N)Cc1cccnc1)c1ccc(Cl)s1. The van der Waals surface area contributed by atoms with Crippen molar-refractivity contribution in [3.05, 3.63) is 51.4 Å². The lowest BCUT2D eigenvalue weighted by Gasteiger charge is -2.24. The monoisotopic (exact) mass is 333 g/mol. The molecule has 0 aliphatic rings. The van der Waals surface area contributed by atoms with Crippen LogP contribution in [0.1, 0.15) is 29.7 Å². The molecular weight excluding hydrogens is 318 g/mol. The van der Waals surface area contributed by atoms with Gasteiger partial charge in [0.1, 0.15) is 0 Å². The summed E-state index contributed by atoms with van der Waals surface area (Å²) in [5.74, 6) is -0.273. The van der Waals surface area contributed by atoms with E-state index in [1.165, 1.54) is 11.3 Å². The zero-order chi connectivity index (χ0) is 15.9. The van der Waals surface area contributed by atoms with Crippen molar-refractivity contribution in [1.29, 1.82) is 5.26 Å². The highest BCUT2D eigenvalue weighted by Gasteiger charge is 2.23. The van der Waals surface area contributed by atoms with Crippen molar-refractivity contribution in [2.45, 2.75) is 25.8 Å². The molecule has 114 valence electrons. The van der Waals surface area contributed by atoms with Gasteiger partial charge in [0.15, 0.2) is 0 Å². The largest absolute Gasteiger partial charge is 0.337 e. The summed E-state index contributed by atoms with van der Waals surface area (Å²) >= 11 is 7.36. The Morgan fingerprint density at radius 1 is 1.50 bits per heavy atom. The third-order valence-corrected chi connectivity index (χ3v) is 4.71. The second kappa shape index (κ2) is 7.92. The number of amides is 1. The number of pyridine rings is 1. The van der Waals surface area contributed by atoms with E-state index in [1.807, 2.05) is 25.1 Å². The first kappa shape index (κ1) is 16.5. The number of carbonyl (C=O) groups is 1. The van der Waals surface area contributed by atoms with Gasteiger partial charge in [0.2, 0.25) is 5.91 Å². The zero-order valence-corrected chi connectivity index (χ0v) is 13.8. The molecule has 0 aliphatic heterocycles. The van der Waals surface area contributed by atoms with Crippen LogP contribution in [0.3, 0.4) is 0 Å². The quantitative estimate of drug-likeness (QED) is 0.807. The molecule has 1 amide bonds. The molecule has 0 saturated carbocycles. The average Bonchev–Trinajstić information content (AvgIpc) is 2.97. The van der Waals surface area contributed by atoms with E-state index in [2.05, 4.69) is 11.1 Å². The molecule has 0 bridgehead atoms. The Bertz CT molecular complexity index is 666. The lowest BCUT2D eigenvalue weighted by atomic mass is 10.1. The maximum Gasteiger partial charge on any atom is 0.230 e. The number of aromatic nitrogens is 1. The minimum atomic E-state index is -0.270. The molecule has 2 rings (SSSR count). The van der Waals surface area contributed by atoms with E-state index in [0.29, 0.717) is 23.8 Å². The van der Waals surface area contributed by atoms with Crippen LogP contribution in [0.2, 0.25) is 4.34 Å². The number of nitriles is 1. The van der Waals surface area contributed by atoms with Crippen LogP contribution in [0.4, 0.5) is 0 Å². The summed E-state index contributed by atoms with van der Waals surface area (Å²) in [6.07, 6.45) is 3.74. The summed E-state index contributed by atoms with van der Waals surface area (Å²) < 4.78 is 0.672. The molecule has 0 N–H and O–H groups in total. The fraction of sp³-hybridized carbons (Fsp3) is 0.312. The van der Waals surface area contributed by atoms with Crippen molar-refractivity contribution >= 4 is 28.8 Å². The molecule has 1 atom stereocenters. The van der Waals surface area contributed by atoms with Crippen LogP contribution in [0.15, 0.2) is 36.7 Å². The number of carbonyl (C=O) groups excluding carboxylic acids is 1. The van der Waals surface area contributed by atoms with E-state index in [4.69, 9.17) is 16.9 Å². The highest BCUT2D eigenvalue weighted by molar-refractivity contribution is 7.16. The molecule has 0 radical (unpaired) electrons. The molecular formula is C16H16ClN3OS. The molecule has 6 heteroatoms. The summed E-state index contributed by atoms with van der Waals surface area (Å²) in [4.78, 5) is 19.4. The molecule has 2 aromatic rings. The number of hydrogen-bond donors (Lipinski definition) is 0. The van der Waals surface area contributed by atoms with Gasteiger partial charge in [-0.05, 0) is 30.7 Å². The van der Waals surface area contributed by atoms with Crippen LogP contribution >= 0.6 is 22.9 Å². The first-order valence-electron chi connectivity index (χ1n) is 6.91. The van der Waals surface area contributed by atoms with Crippen molar-refractivity contribution in [3.8, 4) is 6.07 Å². The van der Waals surface area contributed by atoms with Gasteiger partial charge in [0.05, 0.1) is 22.7 Å². The van der Waals surface area contributed by atoms with Crippen molar-refractivity contribution in [1.82, 2.24) is 9.88 Å². The van der Waals surface area contributed by atoms with Crippen molar-refractivity contribution in [2.24, 2.45) is 0 Å². The minimum absolute atomic E-state index is 0.00220. The smallest absolute Gasteiger partial charge is 0.230 e. The fourth-order valence-electron chi connectivity index (χ4n) is 2.12. The molecule has 2 heterocycles. The van der Waals surface area contributed by atoms with Gasteiger partial charge in [0.25, 0.3) is 0 Å². The third-order valence-electron chi connectivity index (χ3n) is 3.29. The Morgan fingerprint density at radius 2 is 2.32 bits per heavy atom. The highest BCUT2D eigenvalue weighted by atomic mass is 35.5. The number of halogens is 1. The fourth-order valence-corrected chi connectivity index (χ4v) is 3.23. The number of nitrogens with zero attached hydrogens (tertiary/aromatic N) is 3. The van der Waals surface area contributed by atoms with Gasteiger partial charge in [-0.1, -0.05) is 17.7 Å². The van der Waals surface area contributed by atoms with E-state index < -0.39 is 0 Å². The van der Waals surface area contributed by atoms with Gasteiger partial charge in [-0.25, -0.2) is 0 Å². The maximum atomic E-state index is 12.7. The Hall–Kier alpha value is -1.90.